The van der Waals surface area contributed by atoms with Crippen molar-refractivity contribution in [3.8, 4) is 0 Å². The molecule has 0 fully saturated rings. The molecule has 9 heavy (non-hydrogen) atoms. The SMILES string of the molecule is C=C/C(C=O)=C\C=C\N. The molecule has 0 amide bonds. The zero-order chi connectivity index (χ0) is 7.11. The number of allylic oxidation sites excluding steroid dienone is 4. The molecule has 2 nitrogen and oxygen atoms in total. The summed E-state index contributed by atoms with van der Waals surface area (Å²) in [4.78, 5) is 10.0. The number of nitrogens with two attached hydrogens (primary N) is 1. The summed E-state index contributed by atoms with van der Waals surface area (Å²) < 4.78 is 0. The van der Waals surface area contributed by atoms with Gasteiger partial charge in [0.15, 0.2) is 0 Å². The molecular weight excluding hydrogens is 114 g/mol. The number of hydrogen-bond acceptors (Lipinski definition) is 2. The van der Waals surface area contributed by atoms with Gasteiger partial charge in [-0.05, 0) is 12.3 Å². The fourth-order valence-corrected chi connectivity index (χ4v) is 0.322. The Kier molecular flexibility index (Phi) is 4.14. The standard InChI is InChI=1S/C7H9NO/c1-2-7(6-9)4-3-5-8/h2-6H,1,8H2/b5-3+,7-4+. The lowest BCUT2D eigenvalue weighted by molar-refractivity contribution is -0.104. The molecule has 0 saturated carbocycles. The molecule has 0 unspecified atom stereocenters. The van der Waals surface area contributed by atoms with Gasteiger partial charge in [-0.2, -0.15) is 0 Å². The normalized spacial score (nSPS) is 11.8. The Bertz CT molecular complexity index is 146. The van der Waals surface area contributed by atoms with Crippen LogP contribution in [0.25, 0.3) is 0 Å². The molecule has 2 heteroatoms. The van der Waals surface area contributed by atoms with Gasteiger partial charge in [0.2, 0.25) is 0 Å². The highest BCUT2D eigenvalue weighted by atomic mass is 16.1. The number of hydrogen-bond donors (Lipinski definition) is 1. The van der Waals surface area contributed by atoms with Crippen molar-refractivity contribution < 1.29 is 4.79 Å². The van der Waals surface area contributed by atoms with Crippen LogP contribution in [0.4, 0.5) is 0 Å². The topological polar surface area (TPSA) is 43.1 Å². The highest BCUT2D eigenvalue weighted by Crippen LogP contribution is 1.88. The maximum absolute atomic E-state index is 10.0. The summed E-state index contributed by atoms with van der Waals surface area (Å²) in [5, 5.41) is 0. The Morgan fingerprint density at radius 1 is 1.56 bits per heavy atom. The van der Waals surface area contributed by atoms with Gasteiger partial charge < -0.3 is 5.73 Å². The third kappa shape index (κ3) is 3.29. The van der Waals surface area contributed by atoms with Gasteiger partial charge in [0, 0.05) is 5.57 Å². The second-order valence-electron chi connectivity index (χ2n) is 1.37. The molecule has 0 rings (SSSR count). The Hall–Kier alpha value is -1.31. The summed E-state index contributed by atoms with van der Waals surface area (Å²) in [6.07, 6.45) is 6.69. The van der Waals surface area contributed by atoms with E-state index < -0.39 is 0 Å². The van der Waals surface area contributed by atoms with E-state index in [-0.39, 0.29) is 0 Å². The van der Waals surface area contributed by atoms with E-state index in [2.05, 4.69) is 6.58 Å². The molecule has 0 aromatic heterocycles. The summed E-state index contributed by atoms with van der Waals surface area (Å²) in [5.74, 6) is 0. The highest BCUT2D eigenvalue weighted by molar-refractivity contribution is 5.77. The van der Waals surface area contributed by atoms with Crippen LogP contribution in [0.5, 0.6) is 0 Å². The van der Waals surface area contributed by atoms with Gasteiger partial charge in [0.05, 0.1) is 0 Å². The molecule has 0 radical (unpaired) electrons. The minimum Gasteiger partial charge on any atom is -0.405 e. The van der Waals surface area contributed by atoms with Crippen LogP contribution in [0.1, 0.15) is 0 Å². The molecule has 0 aliphatic heterocycles. The van der Waals surface area contributed by atoms with Crippen molar-refractivity contribution in [1.29, 1.82) is 0 Å². The molecular formula is C7H9NO. The lowest BCUT2D eigenvalue weighted by Gasteiger charge is -1.80. The van der Waals surface area contributed by atoms with Crippen LogP contribution in [-0.4, -0.2) is 6.29 Å². The molecule has 48 valence electrons. The summed E-state index contributed by atoms with van der Waals surface area (Å²) in [6.45, 7) is 3.41. The minimum atomic E-state index is 0.525. The second kappa shape index (κ2) is 4.84. The number of carbonyl (C=O) groups excluding carboxylic acids is 1. The second-order valence-corrected chi connectivity index (χ2v) is 1.37. The lowest BCUT2D eigenvalue weighted by atomic mass is 10.3. The van der Waals surface area contributed by atoms with Crippen LogP contribution in [-0.2, 0) is 4.79 Å². The fourth-order valence-electron chi connectivity index (χ4n) is 0.322. The molecule has 0 bridgehead atoms. The first-order valence-electron chi connectivity index (χ1n) is 2.51. The Labute approximate surface area is 54.4 Å². The van der Waals surface area contributed by atoms with Gasteiger partial charge in [-0.3, -0.25) is 4.79 Å². The van der Waals surface area contributed by atoms with Crippen molar-refractivity contribution in [3.05, 3.63) is 36.6 Å². The average molecular weight is 123 g/mol. The van der Waals surface area contributed by atoms with Crippen molar-refractivity contribution in [2.24, 2.45) is 5.73 Å². The summed E-state index contributed by atoms with van der Waals surface area (Å²) in [7, 11) is 0. The number of carbonyl (C=O) groups is 1. The smallest absolute Gasteiger partial charge is 0.150 e. The third-order valence-corrected chi connectivity index (χ3v) is 0.772. The van der Waals surface area contributed by atoms with Crippen molar-refractivity contribution in [2.45, 2.75) is 0 Å². The van der Waals surface area contributed by atoms with Gasteiger partial charge in [-0.1, -0.05) is 18.7 Å². The average Bonchev–Trinajstić information content (AvgIpc) is 1.91. The Morgan fingerprint density at radius 2 is 2.22 bits per heavy atom. The molecule has 0 aliphatic rings. The van der Waals surface area contributed by atoms with E-state index in [1.165, 1.54) is 12.3 Å². The van der Waals surface area contributed by atoms with Gasteiger partial charge in [-0.25, -0.2) is 0 Å². The van der Waals surface area contributed by atoms with Crippen molar-refractivity contribution in [3.63, 3.8) is 0 Å². The highest BCUT2D eigenvalue weighted by Gasteiger charge is 1.79. The third-order valence-electron chi connectivity index (χ3n) is 0.772. The molecule has 0 aromatic rings. The van der Waals surface area contributed by atoms with E-state index >= 15 is 0 Å². The van der Waals surface area contributed by atoms with Gasteiger partial charge >= 0.3 is 0 Å². The maximum atomic E-state index is 10.0. The van der Waals surface area contributed by atoms with Gasteiger partial charge in [0.1, 0.15) is 6.29 Å². The summed E-state index contributed by atoms with van der Waals surface area (Å²) in [5.41, 5.74) is 5.54. The Balaban J connectivity index is 4.06. The molecule has 0 heterocycles. The lowest BCUT2D eigenvalue weighted by Crippen LogP contribution is -1.77. The zero-order valence-corrected chi connectivity index (χ0v) is 5.08. The first-order valence-corrected chi connectivity index (χ1v) is 2.51. The molecule has 0 atom stereocenters. The molecule has 0 aromatic carbocycles. The van der Waals surface area contributed by atoms with Crippen molar-refractivity contribution in [1.82, 2.24) is 0 Å². The summed E-state index contributed by atoms with van der Waals surface area (Å²) >= 11 is 0. The van der Waals surface area contributed by atoms with Crippen LogP contribution in [0, 0.1) is 0 Å². The monoisotopic (exact) mass is 123 g/mol. The van der Waals surface area contributed by atoms with Crippen molar-refractivity contribution in [2.75, 3.05) is 0 Å². The summed E-state index contributed by atoms with van der Waals surface area (Å²) in [6, 6.07) is 0. The largest absolute Gasteiger partial charge is 0.405 e. The zero-order valence-electron chi connectivity index (χ0n) is 5.08. The van der Waals surface area contributed by atoms with E-state index in [4.69, 9.17) is 5.73 Å². The van der Waals surface area contributed by atoms with Crippen molar-refractivity contribution >= 4 is 6.29 Å². The van der Waals surface area contributed by atoms with E-state index in [0.717, 1.165) is 0 Å². The quantitative estimate of drug-likeness (QED) is 0.342. The predicted molar refractivity (Wildman–Crippen MR) is 37.7 cm³/mol. The van der Waals surface area contributed by atoms with Crippen LogP contribution in [0.2, 0.25) is 0 Å². The van der Waals surface area contributed by atoms with E-state index in [9.17, 15) is 4.79 Å². The number of aldehydes is 1. The van der Waals surface area contributed by atoms with Crippen LogP contribution in [0.3, 0.4) is 0 Å². The molecule has 0 aliphatic carbocycles. The molecule has 0 saturated heterocycles. The first-order chi connectivity index (χ1) is 4.35. The minimum absolute atomic E-state index is 0.525. The van der Waals surface area contributed by atoms with Gasteiger partial charge in [-0.15, -0.1) is 0 Å². The van der Waals surface area contributed by atoms with Crippen LogP contribution in [0.15, 0.2) is 36.6 Å². The predicted octanol–water partition coefficient (Wildman–Crippen LogP) is 0.770. The fraction of sp³-hybridized carbons (Fsp3) is 0. The van der Waals surface area contributed by atoms with E-state index in [0.29, 0.717) is 11.9 Å². The van der Waals surface area contributed by atoms with Crippen LogP contribution < -0.4 is 5.73 Å². The Morgan fingerprint density at radius 3 is 2.56 bits per heavy atom. The first kappa shape index (κ1) is 7.69. The van der Waals surface area contributed by atoms with Gasteiger partial charge in [0.25, 0.3) is 0 Å². The molecule has 0 spiro atoms. The van der Waals surface area contributed by atoms with Crippen LogP contribution >= 0.6 is 0 Å². The number of rotatable bonds is 3. The molecule has 2 N–H and O–H groups in total. The van der Waals surface area contributed by atoms with E-state index in [1.807, 2.05) is 0 Å². The maximum Gasteiger partial charge on any atom is 0.150 e. The van der Waals surface area contributed by atoms with E-state index in [1.54, 1.807) is 12.2 Å².